The minimum atomic E-state index is -1.32. The second-order valence-corrected chi connectivity index (χ2v) is 11.1. The molecule has 1 amide bonds. The number of azide groups is 1. The summed E-state index contributed by atoms with van der Waals surface area (Å²) in [7, 11) is 0. The molecule has 2 atom stereocenters. The molecule has 0 fully saturated rings. The van der Waals surface area contributed by atoms with Gasteiger partial charge in [0.15, 0.2) is 11.6 Å². The Hall–Kier alpha value is -3.85. The summed E-state index contributed by atoms with van der Waals surface area (Å²) in [5.74, 6) is 0.794. The van der Waals surface area contributed by atoms with Crippen LogP contribution in [0, 0.1) is 0 Å². The highest BCUT2D eigenvalue weighted by Crippen LogP contribution is 2.44. The standard InChI is InChI=1S/C32H36BrN5O4/c1-2-3-6-18-35-31(40)32(21-23-10-14-26(33)15-11-23)29(28-9-5-4-8-25(28)22-36-38-34)42-30(37-32)24-12-16-27(17-13-24)41-20-7-19-39/h4-5,8-17,29,39H,2-3,6-7,18-22H2,1H3,(H,35,40)/t29-,32-/m1/s1. The van der Waals surface area contributed by atoms with E-state index in [1.807, 2.05) is 72.8 Å². The lowest BCUT2D eigenvalue weighted by atomic mass is 9.80. The van der Waals surface area contributed by atoms with Crippen LogP contribution in [-0.4, -0.2) is 42.2 Å². The van der Waals surface area contributed by atoms with Crippen LogP contribution in [-0.2, 0) is 22.5 Å². The van der Waals surface area contributed by atoms with Crippen LogP contribution in [0.15, 0.2) is 87.4 Å². The van der Waals surface area contributed by atoms with E-state index in [2.05, 4.69) is 38.2 Å². The summed E-state index contributed by atoms with van der Waals surface area (Å²) in [6.45, 7) is 3.25. The van der Waals surface area contributed by atoms with Crippen molar-refractivity contribution in [3.8, 4) is 5.75 Å². The van der Waals surface area contributed by atoms with Crippen LogP contribution in [0.1, 0.15) is 61.0 Å². The second kappa shape index (κ2) is 15.4. The quantitative estimate of drug-likeness (QED) is 0.0822. The predicted octanol–water partition coefficient (Wildman–Crippen LogP) is 6.83. The number of hydrogen-bond acceptors (Lipinski definition) is 6. The zero-order chi connectivity index (χ0) is 29.8. The second-order valence-electron chi connectivity index (χ2n) is 10.1. The highest BCUT2D eigenvalue weighted by atomic mass is 79.9. The molecular weight excluding hydrogens is 598 g/mol. The van der Waals surface area contributed by atoms with Crippen LogP contribution in [0.2, 0.25) is 0 Å². The molecule has 0 saturated heterocycles. The monoisotopic (exact) mass is 633 g/mol. The van der Waals surface area contributed by atoms with Gasteiger partial charge in [-0.3, -0.25) is 4.79 Å². The predicted molar refractivity (Wildman–Crippen MR) is 166 cm³/mol. The average molecular weight is 635 g/mol. The number of aliphatic hydroxyl groups excluding tert-OH is 1. The molecule has 0 unspecified atom stereocenters. The molecule has 0 aromatic heterocycles. The summed E-state index contributed by atoms with van der Waals surface area (Å²) in [5, 5.41) is 16.0. The lowest BCUT2D eigenvalue weighted by Gasteiger charge is -2.32. The topological polar surface area (TPSA) is 129 Å². The van der Waals surface area contributed by atoms with Crippen LogP contribution < -0.4 is 10.1 Å². The largest absolute Gasteiger partial charge is 0.494 e. The van der Waals surface area contributed by atoms with Crippen LogP contribution in [0.25, 0.3) is 10.4 Å². The molecule has 42 heavy (non-hydrogen) atoms. The maximum atomic E-state index is 14.3. The third-order valence-electron chi connectivity index (χ3n) is 7.12. The number of aliphatic imine (C=N–C) groups is 1. The number of carbonyl (C=O) groups excluding carboxylic acids is 1. The van der Waals surface area contributed by atoms with E-state index in [-0.39, 0.29) is 19.1 Å². The van der Waals surface area contributed by atoms with Crippen molar-refractivity contribution in [2.45, 2.75) is 57.2 Å². The normalized spacial score (nSPS) is 17.6. The number of amides is 1. The molecule has 4 rings (SSSR count). The smallest absolute Gasteiger partial charge is 0.252 e. The van der Waals surface area contributed by atoms with Gasteiger partial charge in [-0.25, -0.2) is 4.99 Å². The van der Waals surface area contributed by atoms with E-state index in [1.54, 1.807) is 0 Å². The van der Waals surface area contributed by atoms with E-state index >= 15 is 0 Å². The molecule has 1 heterocycles. The van der Waals surface area contributed by atoms with Crippen molar-refractivity contribution >= 4 is 27.7 Å². The van der Waals surface area contributed by atoms with Crippen molar-refractivity contribution in [3.63, 3.8) is 0 Å². The maximum Gasteiger partial charge on any atom is 0.252 e. The highest BCUT2D eigenvalue weighted by Gasteiger charge is 2.53. The van der Waals surface area contributed by atoms with E-state index in [0.717, 1.165) is 40.4 Å². The van der Waals surface area contributed by atoms with Gasteiger partial charge in [-0.1, -0.05) is 77.2 Å². The number of aliphatic hydroxyl groups is 1. The number of nitrogens with one attached hydrogen (secondary N) is 1. The number of unbranched alkanes of at least 4 members (excludes halogenated alkanes) is 2. The van der Waals surface area contributed by atoms with Gasteiger partial charge < -0.3 is 19.9 Å². The van der Waals surface area contributed by atoms with Crippen molar-refractivity contribution in [1.29, 1.82) is 0 Å². The van der Waals surface area contributed by atoms with Gasteiger partial charge in [0.2, 0.25) is 5.90 Å². The van der Waals surface area contributed by atoms with Gasteiger partial charge in [0.1, 0.15) is 5.75 Å². The maximum absolute atomic E-state index is 14.3. The van der Waals surface area contributed by atoms with Gasteiger partial charge in [-0.05, 0) is 65.0 Å². The Labute approximate surface area is 254 Å². The fraction of sp³-hybridized carbons (Fsp3) is 0.375. The summed E-state index contributed by atoms with van der Waals surface area (Å²) < 4.78 is 13.3. The SMILES string of the molecule is CCCCCNC(=O)[C@]1(Cc2ccc(Br)cc2)N=C(c2ccc(OCCCO)cc2)O[C@@H]1c1ccccc1CN=[N+]=[N-]. The molecule has 3 aromatic rings. The molecule has 0 spiro atoms. The zero-order valence-electron chi connectivity index (χ0n) is 23.7. The van der Waals surface area contributed by atoms with Crippen LogP contribution in [0.5, 0.6) is 5.75 Å². The lowest BCUT2D eigenvalue weighted by molar-refractivity contribution is -0.128. The number of nitrogens with zero attached hydrogens (tertiary/aromatic N) is 4. The first kappa shape index (κ1) is 31.1. The van der Waals surface area contributed by atoms with Gasteiger partial charge in [-0.2, -0.15) is 0 Å². The molecule has 1 aliphatic rings. The van der Waals surface area contributed by atoms with Crippen molar-refractivity contribution < 1.29 is 19.4 Å². The number of ether oxygens (including phenoxy) is 2. The molecule has 0 bridgehead atoms. The number of benzene rings is 3. The highest BCUT2D eigenvalue weighted by molar-refractivity contribution is 9.10. The average Bonchev–Trinajstić information content (AvgIpc) is 3.40. The number of halogens is 1. The van der Waals surface area contributed by atoms with Crippen LogP contribution in [0.3, 0.4) is 0 Å². The first-order valence-electron chi connectivity index (χ1n) is 14.2. The third-order valence-corrected chi connectivity index (χ3v) is 7.65. The number of hydrogen-bond donors (Lipinski definition) is 2. The Morgan fingerprint density at radius 1 is 1.12 bits per heavy atom. The molecule has 9 nitrogen and oxygen atoms in total. The van der Waals surface area contributed by atoms with E-state index in [0.29, 0.717) is 43.2 Å². The third kappa shape index (κ3) is 7.70. The van der Waals surface area contributed by atoms with Crippen molar-refractivity contribution in [2.24, 2.45) is 10.1 Å². The Bertz CT molecular complexity index is 1410. The Balaban J connectivity index is 1.80. The summed E-state index contributed by atoms with van der Waals surface area (Å²) in [4.78, 5) is 22.3. The fourth-order valence-corrected chi connectivity index (χ4v) is 5.21. The zero-order valence-corrected chi connectivity index (χ0v) is 25.3. The Morgan fingerprint density at radius 2 is 1.88 bits per heavy atom. The number of carbonyl (C=O) groups is 1. The van der Waals surface area contributed by atoms with E-state index in [1.165, 1.54) is 0 Å². The molecule has 220 valence electrons. The van der Waals surface area contributed by atoms with E-state index in [9.17, 15) is 4.79 Å². The van der Waals surface area contributed by atoms with Crippen molar-refractivity contribution in [3.05, 3.63) is 110 Å². The molecule has 2 N–H and O–H groups in total. The van der Waals surface area contributed by atoms with Gasteiger partial charge in [-0.15, -0.1) is 0 Å². The molecule has 0 saturated carbocycles. The Morgan fingerprint density at radius 3 is 2.60 bits per heavy atom. The molecule has 0 aliphatic carbocycles. The van der Waals surface area contributed by atoms with Gasteiger partial charge in [0, 0.05) is 40.9 Å². The summed E-state index contributed by atoms with van der Waals surface area (Å²) in [6.07, 6.45) is 2.99. The van der Waals surface area contributed by atoms with Crippen molar-refractivity contribution in [2.75, 3.05) is 19.8 Å². The van der Waals surface area contributed by atoms with Gasteiger partial charge >= 0.3 is 0 Å². The van der Waals surface area contributed by atoms with E-state index < -0.39 is 11.6 Å². The summed E-state index contributed by atoms with van der Waals surface area (Å²) in [6, 6.07) is 22.7. The van der Waals surface area contributed by atoms with Crippen molar-refractivity contribution in [1.82, 2.24) is 5.32 Å². The summed E-state index contributed by atoms with van der Waals surface area (Å²) >= 11 is 3.50. The minimum absolute atomic E-state index is 0.0617. The van der Waals surface area contributed by atoms with Gasteiger partial charge in [0.05, 0.1) is 13.2 Å². The van der Waals surface area contributed by atoms with Crippen LogP contribution >= 0.6 is 15.9 Å². The van der Waals surface area contributed by atoms with Gasteiger partial charge in [0.25, 0.3) is 5.91 Å². The summed E-state index contributed by atoms with van der Waals surface area (Å²) in [5.41, 5.74) is 10.9. The van der Waals surface area contributed by atoms with Crippen LogP contribution in [0.4, 0.5) is 0 Å². The number of rotatable bonds is 15. The fourth-order valence-electron chi connectivity index (χ4n) is 4.94. The molecule has 1 aliphatic heterocycles. The lowest BCUT2D eigenvalue weighted by Crippen LogP contribution is -2.50. The molecule has 3 aromatic carbocycles. The molecule has 0 radical (unpaired) electrons. The Kier molecular flexibility index (Phi) is 11.4. The molecule has 10 heteroatoms. The van der Waals surface area contributed by atoms with E-state index in [4.69, 9.17) is 25.1 Å². The first-order valence-corrected chi connectivity index (χ1v) is 15.0. The first-order chi connectivity index (χ1) is 20.5. The molecular formula is C32H36BrN5O4. The minimum Gasteiger partial charge on any atom is -0.494 e.